The third kappa shape index (κ3) is 3.55. The lowest BCUT2D eigenvalue weighted by atomic mass is 10.1. The first kappa shape index (κ1) is 15.4. The summed E-state index contributed by atoms with van der Waals surface area (Å²) in [6.45, 7) is 0.457. The molecule has 2 aromatic rings. The van der Waals surface area contributed by atoms with Crippen LogP contribution in [0.2, 0.25) is 15.1 Å². The average molecular weight is 335 g/mol. The Kier molecular flexibility index (Phi) is 5.11. The van der Waals surface area contributed by atoms with Crippen molar-refractivity contribution in [2.45, 2.75) is 6.42 Å². The van der Waals surface area contributed by atoms with Gasteiger partial charge < -0.3 is 10.5 Å². The fraction of sp³-hybridized carbons (Fsp3) is 0.143. The van der Waals surface area contributed by atoms with E-state index in [-0.39, 0.29) is 21.5 Å². The highest BCUT2D eigenvalue weighted by atomic mass is 35.5. The Balaban J connectivity index is 2.28. The first-order valence-corrected chi connectivity index (χ1v) is 6.95. The normalized spacial score (nSPS) is 10.7. The van der Waals surface area contributed by atoms with Crippen molar-refractivity contribution in [3.8, 4) is 11.5 Å². The molecule has 106 valence electrons. The van der Waals surface area contributed by atoms with Crippen molar-refractivity contribution >= 4 is 34.8 Å². The first-order chi connectivity index (χ1) is 9.51. The molecule has 2 aromatic carbocycles. The van der Waals surface area contributed by atoms with Gasteiger partial charge in [-0.05, 0) is 36.7 Å². The Hall–Kier alpha value is -1.000. The molecule has 2 nitrogen and oxygen atoms in total. The first-order valence-electron chi connectivity index (χ1n) is 5.82. The molecule has 0 aliphatic rings. The molecule has 0 saturated heterocycles. The Labute approximate surface area is 131 Å². The number of rotatable bonds is 4. The molecule has 0 unspecified atom stereocenters. The molecule has 0 fully saturated rings. The van der Waals surface area contributed by atoms with Gasteiger partial charge in [0.15, 0.2) is 11.6 Å². The maximum absolute atomic E-state index is 13.9. The van der Waals surface area contributed by atoms with Crippen molar-refractivity contribution < 1.29 is 9.13 Å². The smallest absolute Gasteiger partial charge is 0.165 e. The molecular formula is C14H11Cl3FNO. The highest BCUT2D eigenvalue weighted by Crippen LogP contribution is 2.37. The molecule has 0 aliphatic heterocycles. The second-order valence-electron chi connectivity index (χ2n) is 4.10. The van der Waals surface area contributed by atoms with Crippen LogP contribution in [-0.4, -0.2) is 6.54 Å². The van der Waals surface area contributed by atoms with E-state index < -0.39 is 5.82 Å². The molecule has 0 aliphatic carbocycles. The van der Waals surface area contributed by atoms with E-state index in [1.54, 1.807) is 6.07 Å². The van der Waals surface area contributed by atoms with Gasteiger partial charge in [-0.15, -0.1) is 0 Å². The molecular weight excluding hydrogens is 324 g/mol. The number of nitrogens with two attached hydrogens (primary N) is 1. The van der Waals surface area contributed by atoms with E-state index in [0.717, 1.165) is 5.56 Å². The zero-order chi connectivity index (χ0) is 14.7. The molecule has 0 bridgehead atoms. The van der Waals surface area contributed by atoms with Crippen LogP contribution in [0.25, 0.3) is 0 Å². The summed E-state index contributed by atoms with van der Waals surface area (Å²) >= 11 is 17.7. The van der Waals surface area contributed by atoms with Crippen LogP contribution in [0.3, 0.4) is 0 Å². The number of hydrogen-bond donors (Lipinski definition) is 1. The highest BCUT2D eigenvalue weighted by molar-refractivity contribution is 6.43. The number of benzene rings is 2. The van der Waals surface area contributed by atoms with Crippen LogP contribution in [0.5, 0.6) is 11.5 Å². The monoisotopic (exact) mass is 333 g/mol. The molecule has 0 radical (unpaired) electrons. The molecule has 6 heteroatoms. The summed E-state index contributed by atoms with van der Waals surface area (Å²) in [6.07, 6.45) is 0.602. The van der Waals surface area contributed by atoms with Gasteiger partial charge >= 0.3 is 0 Å². The summed E-state index contributed by atoms with van der Waals surface area (Å²) in [7, 11) is 0. The third-order valence-corrected chi connectivity index (χ3v) is 3.64. The minimum Gasteiger partial charge on any atom is -0.453 e. The van der Waals surface area contributed by atoms with E-state index in [1.165, 1.54) is 24.3 Å². The van der Waals surface area contributed by atoms with E-state index >= 15 is 0 Å². The standard InChI is InChI=1S/C14H11Cl3FNO/c15-9-6-11(17)14(7-10(9)16)20-13-2-1-8(3-4-19)5-12(13)18/h1-2,5-7H,3-4,19H2. The predicted octanol–water partition coefficient (Wildman–Crippen LogP) is 5.08. The van der Waals surface area contributed by atoms with Gasteiger partial charge in [0.1, 0.15) is 5.75 Å². The van der Waals surface area contributed by atoms with Crippen LogP contribution < -0.4 is 10.5 Å². The Morgan fingerprint density at radius 3 is 2.30 bits per heavy atom. The van der Waals surface area contributed by atoms with Crippen LogP contribution in [0, 0.1) is 5.82 Å². The van der Waals surface area contributed by atoms with Crippen molar-refractivity contribution in [3.63, 3.8) is 0 Å². The largest absolute Gasteiger partial charge is 0.453 e. The van der Waals surface area contributed by atoms with Crippen LogP contribution in [0.1, 0.15) is 5.56 Å². The maximum atomic E-state index is 13.9. The van der Waals surface area contributed by atoms with Crippen molar-refractivity contribution in [1.82, 2.24) is 0 Å². The predicted molar refractivity (Wildman–Crippen MR) is 80.7 cm³/mol. The van der Waals surface area contributed by atoms with Gasteiger partial charge in [-0.2, -0.15) is 0 Å². The maximum Gasteiger partial charge on any atom is 0.165 e. The third-order valence-electron chi connectivity index (χ3n) is 2.62. The summed E-state index contributed by atoms with van der Waals surface area (Å²) in [4.78, 5) is 0. The van der Waals surface area contributed by atoms with Crippen molar-refractivity contribution in [3.05, 3.63) is 56.8 Å². The topological polar surface area (TPSA) is 35.2 Å². The minimum atomic E-state index is -0.488. The quantitative estimate of drug-likeness (QED) is 0.791. The lowest BCUT2D eigenvalue weighted by molar-refractivity contribution is 0.442. The summed E-state index contributed by atoms with van der Waals surface area (Å²) in [5, 5.41) is 0.846. The van der Waals surface area contributed by atoms with Gasteiger partial charge in [-0.1, -0.05) is 40.9 Å². The zero-order valence-corrected chi connectivity index (χ0v) is 12.6. The number of ether oxygens (including phenoxy) is 1. The lowest BCUT2D eigenvalue weighted by Gasteiger charge is -2.10. The van der Waals surface area contributed by atoms with E-state index in [9.17, 15) is 4.39 Å². The fourth-order valence-electron chi connectivity index (χ4n) is 1.65. The van der Waals surface area contributed by atoms with E-state index in [2.05, 4.69) is 0 Å². The number of hydrogen-bond acceptors (Lipinski definition) is 2. The molecule has 2 rings (SSSR count). The highest BCUT2D eigenvalue weighted by Gasteiger charge is 2.11. The zero-order valence-electron chi connectivity index (χ0n) is 10.3. The molecule has 20 heavy (non-hydrogen) atoms. The summed E-state index contributed by atoms with van der Waals surface area (Å²) in [5.74, 6) is -0.185. The fourth-order valence-corrected chi connectivity index (χ4v) is 2.23. The van der Waals surface area contributed by atoms with Crippen LogP contribution in [0.15, 0.2) is 30.3 Å². The second kappa shape index (κ2) is 6.64. The van der Waals surface area contributed by atoms with Gasteiger partial charge in [0.2, 0.25) is 0 Å². The van der Waals surface area contributed by atoms with Crippen molar-refractivity contribution in [1.29, 1.82) is 0 Å². The number of halogens is 4. The molecule has 0 spiro atoms. The van der Waals surface area contributed by atoms with Crippen LogP contribution >= 0.6 is 34.8 Å². The van der Waals surface area contributed by atoms with Gasteiger partial charge in [0, 0.05) is 6.07 Å². The second-order valence-corrected chi connectivity index (χ2v) is 5.32. The molecule has 0 saturated carbocycles. The molecule has 0 aromatic heterocycles. The molecule has 2 N–H and O–H groups in total. The van der Waals surface area contributed by atoms with Gasteiger partial charge in [-0.25, -0.2) is 4.39 Å². The van der Waals surface area contributed by atoms with E-state index in [4.69, 9.17) is 45.3 Å². The summed E-state index contributed by atoms with van der Waals surface area (Å²) < 4.78 is 19.3. The Morgan fingerprint density at radius 1 is 0.950 bits per heavy atom. The molecule has 0 amide bonds. The Morgan fingerprint density at radius 2 is 1.65 bits per heavy atom. The average Bonchev–Trinajstić information content (AvgIpc) is 2.39. The lowest BCUT2D eigenvalue weighted by Crippen LogP contribution is -2.03. The molecule has 0 atom stereocenters. The van der Waals surface area contributed by atoms with Crippen LogP contribution in [-0.2, 0) is 6.42 Å². The van der Waals surface area contributed by atoms with E-state index in [1.807, 2.05) is 0 Å². The minimum absolute atomic E-state index is 0.0612. The molecule has 0 heterocycles. The van der Waals surface area contributed by atoms with Crippen LogP contribution in [0.4, 0.5) is 4.39 Å². The Bertz CT molecular complexity index is 634. The van der Waals surface area contributed by atoms with Gasteiger partial charge in [-0.3, -0.25) is 0 Å². The summed E-state index contributed by atoms with van der Waals surface area (Å²) in [5.41, 5.74) is 6.23. The van der Waals surface area contributed by atoms with Gasteiger partial charge in [0.05, 0.1) is 15.1 Å². The van der Waals surface area contributed by atoms with E-state index in [0.29, 0.717) is 18.0 Å². The SMILES string of the molecule is NCCc1ccc(Oc2cc(Cl)c(Cl)cc2Cl)c(F)c1. The van der Waals surface area contributed by atoms with Crippen molar-refractivity contribution in [2.75, 3.05) is 6.54 Å². The van der Waals surface area contributed by atoms with Crippen molar-refractivity contribution in [2.24, 2.45) is 5.73 Å². The summed E-state index contributed by atoms with van der Waals surface area (Å²) in [6, 6.07) is 7.55. The van der Waals surface area contributed by atoms with Gasteiger partial charge in [0.25, 0.3) is 0 Å².